The number of hydrogen-bond donors (Lipinski definition) is 0. The van der Waals surface area contributed by atoms with E-state index in [-0.39, 0.29) is 5.92 Å². The molecule has 1 fully saturated rings. The molecular weight excluding hydrogens is 365 g/mol. The molecule has 1 heterocycles. The molecule has 1 saturated carbocycles. The number of fused-ring (bicyclic) bond motifs is 1. The number of benzene rings is 2. The summed E-state index contributed by atoms with van der Waals surface area (Å²) in [5.41, 5.74) is 3.00. The molecule has 0 aliphatic heterocycles. The van der Waals surface area contributed by atoms with Gasteiger partial charge in [0.1, 0.15) is 0 Å². The summed E-state index contributed by atoms with van der Waals surface area (Å²) in [6, 6.07) is 13.8. The second kappa shape index (κ2) is 7.46. The van der Waals surface area contributed by atoms with Gasteiger partial charge in [0.05, 0.1) is 10.0 Å². The van der Waals surface area contributed by atoms with Gasteiger partial charge in [0.25, 0.3) is 0 Å². The molecule has 134 valence electrons. The molecule has 0 saturated heterocycles. The number of para-hydroxylation sites is 1. The SMILES string of the molecule is O=C(c1cn(Cc2ccc(Cl)c(Cl)c2)c2ccccc12)C1CCCCC1. The molecule has 1 aromatic heterocycles. The monoisotopic (exact) mass is 385 g/mol. The van der Waals surface area contributed by atoms with Crippen LogP contribution in [0.3, 0.4) is 0 Å². The van der Waals surface area contributed by atoms with Gasteiger partial charge in [0.15, 0.2) is 5.78 Å². The maximum absolute atomic E-state index is 13.1. The van der Waals surface area contributed by atoms with Gasteiger partial charge in [-0.25, -0.2) is 0 Å². The molecule has 0 amide bonds. The van der Waals surface area contributed by atoms with E-state index in [0.717, 1.165) is 34.9 Å². The summed E-state index contributed by atoms with van der Waals surface area (Å²) in [6.07, 6.45) is 7.64. The van der Waals surface area contributed by atoms with Crippen molar-refractivity contribution in [2.45, 2.75) is 38.6 Å². The summed E-state index contributed by atoms with van der Waals surface area (Å²) in [6.45, 7) is 0.662. The van der Waals surface area contributed by atoms with Crippen LogP contribution in [0, 0.1) is 5.92 Å². The van der Waals surface area contributed by atoms with E-state index in [1.54, 1.807) is 0 Å². The van der Waals surface area contributed by atoms with E-state index in [9.17, 15) is 4.79 Å². The molecule has 0 radical (unpaired) electrons. The highest BCUT2D eigenvalue weighted by molar-refractivity contribution is 6.42. The molecule has 1 aliphatic rings. The second-order valence-corrected chi connectivity index (χ2v) is 7.95. The Hall–Kier alpha value is -1.77. The maximum atomic E-state index is 13.1. The van der Waals surface area contributed by atoms with Crippen molar-refractivity contribution < 1.29 is 4.79 Å². The molecule has 3 aromatic rings. The predicted molar refractivity (Wildman–Crippen MR) is 108 cm³/mol. The molecular formula is C22H21Cl2NO. The fourth-order valence-electron chi connectivity index (χ4n) is 3.99. The fourth-order valence-corrected chi connectivity index (χ4v) is 4.31. The molecule has 0 spiro atoms. The van der Waals surface area contributed by atoms with Gasteiger partial charge in [0, 0.05) is 35.1 Å². The Kier molecular flexibility index (Phi) is 5.06. The lowest BCUT2D eigenvalue weighted by atomic mass is 9.84. The van der Waals surface area contributed by atoms with E-state index in [0.29, 0.717) is 22.4 Å². The molecule has 26 heavy (non-hydrogen) atoms. The second-order valence-electron chi connectivity index (χ2n) is 7.14. The predicted octanol–water partition coefficient (Wildman–Crippen LogP) is 6.76. The van der Waals surface area contributed by atoms with Gasteiger partial charge in [-0.1, -0.05) is 66.7 Å². The van der Waals surface area contributed by atoms with Crippen LogP contribution in [0.1, 0.15) is 48.0 Å². The Morgan fingerprint density at radius 2 is 1.77 bits per heavy atom. The number of Topliss-reactive ketones (excluding diaryl/α,β-unsaturated/α-hetero) is 1. The molecule has 0 unspecified atom stereocenters. The zero-order valence-electron chi connectivity index (χ0n) is 14.6. The van der Waals surface area contributed by atoms with E-state index in [4.69, 9.17) is 23.2 Å². The van der Waals surface area contributed by atoms with E-state index < -0.39 is 0 Å². The highest BCUT2D eigenvalue weighted by atomic mass is 35.5. The Morgan fingerprint density at radius 1 is 1.00 bits per heavy atom. The number of carbonyl (C=O) groups is 1. The Labute approximate surface area is 163 Å². The lowest BCUT2D eigenvalue weighted by Gasteiger charge is -2.19. The first-order valence-corrected chi connectivity index (χ1v) is 9.95. The summed E-state index contributed by atoms with van der Waals surface area (Å²) in [5, 5.41) is 2.16. The Balaban J connectivity index is 1.71. The van der Waals surface area contributed by atoms with Crippen molar-refractivity contribution in [1.82, 2.24) is 4.57 Å². The van der Waals surface area contributed by atoms with Crippen LogP contribution in [-0.4, -0.2) is 10.4 Å². The van der Waals surface area contributed by atoms with Crippen molar-refractivity contribution in [3.63, 3.8) is 0 Å². The molecule has 0 atom stereocenters. The van der Waals surface area contributed by atoms with Crippen LogP contribution in [0.4, 0.5) is 0 Å². The largest absolute Gasteiger partial charge is 0.342 e. The Bertz CT molecular complexity index is 954. The summed E-state index contributed by atoms with van der Waals surface area (Å²) in [5.74, 6) is 0.474. The van der Waals surface area contributed by atoms with Crippen LogP contribution in [0.2, 0.25) is 10.0 Å². The number of halogens is 2. The lowest BCUT2D eigenvalue weighted by Crippen LogP contribution is -2.17. The molecule has 2 nitrogen and oxygen atoms in total. The quantitative estimate of drug-likeness (QED) is 0.454. The number of rotatable bonds is 4. The first-order valence-electron chi connectivity index (χ1n) is 9.19. The third-order valence-electron chi connectivity index (χ3n) is 5.37. The van der Waals surface area contributed by atoms with Crippen molar-refractivity contribution in [2.24, 2.45) is 5.92 Å². The normalized spacial score (nSPS) is 15.5. The molecule has 1 aliphatic carbocycles. The number of nitrogens with zero attached hydrogens (tertiary/aromatic N) is 1. The molecule has 0 bridgehead atoms. The van der Waals surface area contributed by atoms with Crippen LogP contribution in [0.5, 0.6) is 0 Å². The zero-order chi connectivity index (χ0) is 18.1. The third-order valence-corrected chi connectivity index (χ3v) is 6.11. The number of carbonyl (C=O) groups excluding carboxylic acids is 1. The lowest BCUT2D eigenvalue weighted by molar-refractivity contribution is 0.0891. The number of aromatic nitrogens is 1. The van der Waals surface area contributed by atoms with Crippen LogP contribution in [-0.2, 0) is 6.54 Å². The van der Waals surface area contributed by atoms with Crippen LogP contribution >= 0.6 is 23.2 Å². The molecule has 4 rings (SSSR count). The van der Waals surface area contributed by atoms with Crippen molar-refractivity contribution in [2.75, 3.05) is 0 Å². The smallest absolute Gasteiger partial charge is 0.168 e. The minimum Gasteiger partial charge on any atom is -0.342 e. The minimum atomic E-state index is 0.174. The van der Waals surface area contributed by atoms with E-state index in [1.165, 1.54) is 19.3 Å². The van der Waals surface area contributed by atoms with E-state index in [1.807, 2.05) is 36.5 Å². The van der Waals surface area contributed by atoms with Crippen LogP contribution in [0.15, 0.2) is 48.7 Å². The van der Waals surface area contributed by atoms with Gasteiger partial charge >= 0.3 is 0 Å². The standard InChI is InChI=1S/C22H21Cl2NO/c23-19-11-10-15(12-20(19)24)13-25-14-18(17-8-4-5-9-21(17)25)22(26)16-6-2-1-3-7-16/h4-5,8-12,14,16H,1-3,6-7,13H2. The summed E-state index contributed by atoms with van der Waals surface area (Å²) in [7, 11) is 0. The Morgan fingerprint density at radius 3 is 2.54 bits per heavy atom. The van der Waals surface area contributed by atoms with Crippen molar-refractivity contribution in [1.29, 1.82) is 0 Å². The number of hydrogen-bond acceptors (Lipinski definition) is 1. The first-order chi connectivity index (χ1) is 12.6. The summed E-state index contributed by atoms with van der Waals surface area (Å²) < 4.78 is 2.14. The summed E-state index contributed by atoms with van der Waals surface area (Å²) in [4.78, 5) is 13.1. The van der Waals surface area contributed by atoms with Gasteiger partial charge in [-0.2, -0.15) is 0 Å². The zero-order valence-corrected chi connectivity index (χ0v) is 16.1. The van der Waals surface area contributed by atoms with E-state index in [2.05, 4.69) is 16.7 Å². The van der Waals surface area contributed by atoms with Gasteiger partial charge < -0.3 is 4.57 Å². The molecule has 4 heteroatoms. The minimum absolute atomic E-state index is 0.174. The van der Waals surface area contributed by atoms with Crippen molar-refractivity contribution in [3.05, 3.63) is 69.8 Å². The van der Waals surface area contributed by atoms with Gasteiger partial charge in [-0.15, -0.1) is 0 Å². The molecule has 2 aromatic carbocycles. The number of ketones is 1. The average Bonchev–Trinajstić information content (AvgIpc) is 3.03. The highest BCUT2D eigenvalue weighted by Crippen LogP contribution is 2.31. The van der Waals surface area contributed by atoms with E-state index >= 15 is 0 Å². The third kappa shape index (κ3) is 3.41. The van der Waals surface area contributed by atoms with Gasteiger partial charge in [-0.05, 0) is 36.6 Å². The highest BCUT2D eigenvalue weighted by Gasteiger charge is 2.25. The van der Waals surface area contributed by atoms with Crippen molar-refractivity contribution >= 4 is 39.9 Å². The van der Waals surface area contributed by atoms with Crippen LogP contribution < -0.4 is 0 Å². The average molecular weight is 386 g/mol. The summed E-state index contributed by atoms with van der Waals surface area (Å²) >= 11 is 12.2. The van der Waals surface area contributed by atoms with Crippen molar-refractivity contribution in [3.8, 4) is 0 Å². The first kappa shape index (κ1) is 17.6. The van der Waals surface area contributed by atoms with Crippen LogP contribution in [0.25, 0.3) is 10.9 Å². The fraction of sp³-hybridized carbons (Fsp3) is 0.318. The maximum Gasteiger partial charge on any atom is 0.168 e. The molecule has 0 N–H and O–H groups in total. The van der Waals surface area contributed by atoms with Gasteiger partial charge in [0.2, 0.25) is 0 Å². The topological polar surface area (TPSA) is 22.0 Å². The van der Waals surface area contributed by atoms with Gasteiger partial charge in [-0.3, -0.25) is 4.79 Å².